The lowest BCUT2D eigenvalue weighted by molar-refractivity contribution is 0.0699. The van der Waals surface area contributed by atoms with E-state index < -0.39 is 5.97 Å². The van der Waals surface area contributed by atoms with Crippen LogP contribution in [0.3, 0.4) is 0 Å². The van der Waals surface area contributed by atoms with E-state index >= 15 is 0 Å². The number of rotatable bonds is 3. The molecule has 110 valence electrons. The van der Waals surface area contributed by atoms with Crippen molar-refractivity contribution in [2.24, 2.45) is 0 Å². The summed E-state index contributed by atoms with van der Waals surface area (Å²) in [5.41, 5.74) is 4.26. The van der Waals surface area contributed by atoms with Crippen LogP contribution in [0.2, 0.25) is 0 Å². The van der Waals surface area contributed by atoms with Gasteiger partial charge >= 0.3 is 5.97 Å². The molecule has 0 saturated carbocycles. The first-order chi connectivity index (χ1) is 10.1. The van der Waals surface area contributed by atoms with Gasteiger partial charge in [0.25, 0.3) is 0 Å². The van der Waals surface area contributed by atoms with Crippen LogP contribution in [0.5, 0.6) is 0 Å². The first-order valence-electron chi connectivity index (χ1n) is 6.97. The number of pyridine rings is 1. The number of nitrogens with zero attached hydrogens (tertiary/aromatic N) is 3. The molecule has 2 aromatic rings. The Bertz CT molecular complexity index is 666. The fourth-order valence-electron chi connectivity index (χ4n) is 2.48. The van der Waals surface area contributed by atoms with E-state index in [-0.39, 0.29) is 5.56 Å². The van der Waals surface area contributed by atoms with Crippen molar-refractivity contribution in [1.29, 1.82) is 0 Å². The van der Waals surface area contributed by atoms with E-state index in [1.54, 1.807) is 12.1 Å². The number of fused-ring (bicyclic) bond motifs is 1. The Hall–Kier alpha value is -2.18. The number of carboxylic acid groups (broad SMARTS) is 1. The quantitative estimate of drug-likeness (QED) is 0.891. The third kappa shape index (κ3) is 2.96. The molecule has 1 aliphatic heterocycles. The van der Waals surface area contributed by atoms with Gasteiger partial charge in [-0.2, -0.15) is 0 Å². The molecule has 21 heavy (non-hydrogen) atoms. The van der Waals surface area contributed by atoms with Crippen molar-refractivity contribution in [2.75, 3.05) is 38.7 Å². The number of piperazine rings is 1. The molecule has 0 spiro atoms. The van der Waals surface area contributed by atoms with Gasteiger partial charge in [-0.25, -0.2) is 14.8 Å². The molecule has 6 nitrogen and oxygen atoms in total. The number of nitrogens with one attached hydrogen (secondary N) is 1. The second-order valence-corrected chi connectivity index (χ2v) is 5.28. The van der Waals surface area contributed by atoms with Crippen molar-refractivity contribution >= 4 is 22.7 Å². The molecule has 0 radical (unpaired) electrons. The standard InChI is InChI=1S/C15H18N4O2/c1-18-7-9-19(10-8-18)17-14-6-5-11-12(15(20)21)3-2-4-13(11)16-14/h2-6H,7-10H2,1H3,(H,16,17)(H,20,21). The monoisotopic (exact) mass is 286 g/mol. The van der Waals surface area contributed by atoms with Crippen LogP contribution in [-0.4, -0.2) is 59.2 Å². The number of aromatic carboxylic acids is 1. The molecule has 3 rings (SSSR count). The average molecular weight is 286 g/mol. The molecule has 6 heteroatoms. The van der Waals surface area contributed by atoms with E-state index in [0.29, 0.717) is 10.9 Å². The van der Waals surface area contributed by atoms with Crippen LogP contribution < -0.4 is 5.43 Å². The molecule has 0 amide bonds. The number of hydrazine groups is 1. The molecule has 1 aromatic heterocycles. The Labute approximate surface area is 123 Å². The zero-order valence-electron chi connectivity index (χ0n) is 11.9. The normalized spacial score (nSPS) is 17.0. The fourth-order valence-corrected chi connectivity index (χ4v) is 2.48. The van der Waals surface area contributed by atoms with Gasteiger partial charge in [-0.15, -0.1) is 0 Å². The van der Waals surface area contributed by atoms with E-state index in [9.17, 15) is 9.90 Å². The van der Waals surface area contributed by atoms with Crippen LogP contribution in [0, 0.1) is 0 Å². The second kappa shape index (κ2) is 5.67. The van der Waals surface area contributed by atoms with Crippen molar-refractivity contribution in [1.82, 2.24) is 14.9 Å². The average Bonchev–Trinajstić information content (AvgIpc) is 2.48. The van der Waals surface area contributed by atoms with Crippen molar-refractivity contribution in [3.8, 4) is 0 Å². The Morgan fingerprint density at radius 2 is 1.95 bits per heavy atom. The maximum absolute atomic E-state index is 11.2. The summed E-state index contributed by atoms with van der Waals surface area (Å²) >= 11 is 0. The summed E-state index contributed by atoms with van der Waals surface area (Å²) < 4.78 is 0. The van der Waals surface area contributed by atoms with Crippen LogP contribution >= 0.6 is 0 Å². The Morgan fingerprint density at radius 3 is 2.67 bits per heavy atom. The molecule has 1 aromatic carbocycles. The molecule has 0 unspecified atom stereocenters. The third-order valence-electron chi connectivity index (χ3n) is 3.74. The van der Waals surface area contributed by atoms with Gasteiger partial charge in [0.15, 0.2) is 0 Å². The lowest BCUT2D eigenvalue weighted by atomic mass is 10.1. The minimum atomic E-state index is -0.929. The van der Waals surface area contributed by atoms with Crippen molar-refractivity contribution in [3.05, 3.63) is 35.9 Å². The SMILES string of the molecule is CN1CCN(Nc2ccc3c(C(=O)O)cccc3n2)CC1. The summed E-state index contributed by atoms with van der Waals surface area (Å²) in [7, 11) is 2.11. The van der Waals surface area contributed by atoms with E-state index in [1.807, 2.05) is 18.2 Å². The van der Waals surface area contributed by atoms with Gasteiger partial charge in [-0.1, -0.05) is 6.07 Å². The Morgan fingerprint density at radius 1 is 1.19 bits per heavy atom. The zero-order chi connectivity index (χ0) is 14.8. The first kappa shape index (κ1) is 13.8. The van der Waals surface area contributed by atoms with Crippen LogP contribution in [0.4, 0.5) is 5.82 Å². The molecule has 1 saturated heterocycles. The summed E-state index contributed by atoms with van der Waals surface area (Å²) in [6.07, 6.45) is 0. The maximum atomic E-state index is 11.2. The van der Waals surface area contributed by atoms with Gasteiger partial charge in [0.2, 0.25) is 0 Å². The molecule has 2 N–H and O–H groups in total. The van der Waals surface area contributed by atoms with Crippen LogP contribution in [0.25, 0.3) is 10.9 Å². The lowest BCUT2D eigenvalue weighted by Crippen LogP contribution is -2.47. The summed E-state index contributed by atoms with van der Waals surface area (Å²) in [5, 5.41) is 12.0. The predicted molar refractivity (Wildman–Crippen MR) is 81.4 cm³/mol. The minimum Gasteiger partial charge on any atom is -0.478 e. The van der Waals surface area contributed by atoms with Crippen molar-refractivity contribution < 1.29 is 9.90 Å². The largest absolute Gasteiger partial charge is 0.478 e. The molecular formula is C15H18N4O2. The highest BCUT2D eigenvalue weighted by Crippen LogP contribution is 2.20. The van der Waals surface area contributed by atoms with Gasteiger partial charge in [0, 0.05) is 31.6 Å². The lowest BCUT2D eigenvalue weighted by Gasteiger charge is -2.32. The van der Waals surface area contributed by atoms with Crippen LogP contribution in [-0.2, 0) is 0 Å². The van der Waals surface area contributed by atoms with Crippen molar-refractivity contribution in [3.63, 3.8) is 0 Å². The molecule has 0 atom stereocenters. The number of hydrogen-bond donors (Lipinski definition) is 2. The minimum absolute atomic E-state index is 0.283. The number of anilines is 1. The first-order valence-corrected chi connectivity index (χ1v) is 6.97. The molecule has 2 heterocycles. The Balaban J connectivity index is 1.83. The number of benzene rings is 1. The van der Waals surface area contributed by atoms with Gasteiger partial charge in [-0.3, -0.25) is 0 Å². The molecule has 0 aliphatic carbocycles. The summed E-state index contributed by atoms with van der Waals surface area (Å²) in [5.74, 6) is -0.184. The van der Waals surface area contributed by atoms with Gasteiger partial charge in [0.05, 0.1) is 11.1 Å². The summed E-state index contributed by atoms with van der Waals surface area (Å²) in [6, 6.07) is 8.78. The summed E-state index contributed by atoms with van der Waals surface area (Å²) in [4.78, 5) is 18.0. The highest BCUT2D eigenvalue weighted by atomic mass is 16.4. The summed E-state index contributed by atoms with van der Waals surface area (Å²) in [6.45, 7) is 3.91. The smallest absolute Gasteiger partial charge is 0.336 e. The number of carbonyl (C=O) groups is 1. The maximum Gasteiger partial charge on any atom is 0.336 e. The fraction of sp³-hybridized carbons (Fsp3) is 0.333. The van der Waals surface area contributed by atoms with Gasteiger partial charge < -0.3 is 15.4 Å². The van der Waals surface area contributed by atoms with E-state index in [4.69, 9.17) is 0 Å². The number of hydrogen-bond acceptors (Lipinski definition) is 5. The number of carboxylic acids is 1. The van der Waals surface area contributed by atoms with Crippen molar-refractivity contribution in [2.45, 2.75) is 0 Å². The molecular weight excluding hydrogens is 268 g/mol. The molecule has 1 aliphatic rings. The van der Waals surface area contributed by atoms with E-state index in [2.05, 4.69) is 27.4 Å². The van der Waals surface area contributed by atoms with Gasteiger partial charge in [0.1, 0.15) is 5.82 Å². The second-order valence-electron chi connectivity index (χ2n) is 5.28. The van der Waals surface area contributed by atoms with E-state index in [1.165, 1.54) is 0 Å². The number of aromatic nitrogens is 1. The third-order valence-corrected chi connectivity index (χ3v) is 3.74. The molecule has 1 fully saturated rings. The van der Waals surface area contributed by atoms with E-state index in [0.717, 1.165) is 32.0 Å². The topological polar surface area (TPSA) is 68.7 Å². The highest BCUT2D eigenvalue weighted by Gasteiger charge is 2.14. The predicted octanol–water partition coefficient (Wildman–Crippen LogP) is 1.51. The van der Waals surface area contributed by atoms with Crippen LogP contribution in [0.15, 0.2) is 30.3 Å². The number of likely N-dealkylation sites (N-methyl/N-ethyl adjacent to an activating group) is 1. The Kier molecular flexibility index (Phi) is 3.72. The van der Waals surface area contributed by atoms with Gasteiger partial charge in [-0.05, 0) is 31.3 Å². The molecule has 0 bridgehead atoms. The highest BCUT2D eigenvalue weighted by molar-refractivity contribution is 6.02. The van der Waals surface area contributed by atoms with Crippen LogP contribution in [0.1, 0.15) is 10.4 Å². The zero-order valence-corrected chi connectivity index (χ0v) is 11.9.